The minimum Gasteiger partial charge on any atom is -0.493 e. The Kier molecular flexibility index (Phi) is 5.08. The topological polar surface area (TPSA) is 29.5 Å². The van der Waals surface area contributed by atoms with Crippen molar-refractivity contribution in [3.8, 4) is 5.75 Å². The van der Waals surface area contributed by atoms with Crippen molar-refractivity contribution in [3.63, 3.8) is 0 Å². The minimum atomic E-state index is 0.183. The molecule has 1 radical (unpaired) electrons. The summed E-state index contributed by atoms with van der Waals surface area (Å²) in [6, 6.07) is 8.06. The second-order valence-corrected chi connectivity index (χ2v) is 3.19. The lowest BCUT2D eigenvalue weighted by atomic mass is 10.1. The number of ether oxygens (including phenoxy) is 1. The Balaban J connectivity index is 2.46. The van der Waals surface area contributed by atoms with Crippen LogP contribution in [-0.4, -0.2) is 18.3 Å². The van der Waals surface area contributed by atoms with Gasteiger partial charge in [-0.15, -0.1) is 0 Å². The summed E-state index contributed by atoms with van der Waals surface area (Å²) in [4.78, 5) is 0. The van der Waals surface area contributed by atoms with Crippen LogP contribution in [0.2, 0.25) is 0 Å². The van der Waals surface area contributed by atoms with Crippen molar-refractivity contribution in [1.82, 2.24) is 0 Å². The summed E-state index contributed by atoms with van der Waals surface area (Å²) in [5.41, 5.74) is 1.26. The third kappa shape index (κ3) is 3.79. The first-order valence-corrected chi connectivity index (χ1v) is 4.97. The van der Waals surface area contributed by atoms with Gasteiger partial charge in [0.05, 0.1) is 6.61 Å². The number of aliphatic hydroxyl groups excluding tert-OH is 1. The van der Waals surface area contributed by atoms with Crippen molar-refractivity contribution in [3.05, 3.63) is 36.2 Å². The molecule has 14 heavy (non-hydrogen) atoms. The van der Waals surface area contributed by atoms with Crippen LogP contribution < -0.4 is 4.74 Å². The van der Waals surface area contributed by atoms with Crippen LogP contribution in [0.3, 0.4) is 0 Å². The summed E-state index contributed by atoms with van der Waals surface area (Å²) in [6.45, 7) is 2.80. The molecule has 2 heteroatoms. The van der Waals surface area contributed by atoms with Gasteiger partial charge in [0.2, 0.25) is 0 Å². The van der Waals surface area contributed by atoms with Gasteiger partial charge in [0.1, 0.15) is 5.75 Å². The molecule has 0 fully saturated rings. The van der Waals surface area contributed by atoms with Crippen molar-refractivity contribution in [2.75, 3.05) is 13.2 Å². The largest absolute Gasteiger partial charge is 0.493 e. The van der Waals surface area contributed by atoms with E-state index in [0.717, 1.165) is 12.2 Å². The maximum atomic E-state index is 8.60. The predicted octanol–water partition coefficient (Wildman–Crippen LogP) is 2.21. The fourth-order valence-electron chi connectivity index (χ4n) is 1.25. The molecule has 1 aromatic carbocycles. The first kappa shape index (κ1) is 11.1. The number of rotatable bonds is 6. The van der Waals surface area contributed by atoms with E-state index in [2.05, 4.69) is 12.5 Å². The second kappa shape index (κ2) is 6.44. The molecule has 0 bridgehead atoms. The molecule has 2 nitrogen and oxygen atoms in total. The first-order chi connectivity index (χ1) is 6.86. The van der Waals surface area contributed by atoms with Crippen molar-refractivity contribution in [2.24, 2.45) is 0 Å². The third-order valence-electron chi connectivity index (χ3n) is 1.91. The van der Waals surface area contributed by atoms with E-state index in [0.29, 0.717) is 13.0 Å². The Morgan fingerprint density at radius 2 is 2.29 bits per heavy atom. The standard InChI is InChI=1S/C12H17O2/c1-2-5-11-6-3-7-12(10-11)14-9-4-8-13/h2-3,6-7,10,13H,4-5,8-9H2,1H3. The highest BCUT2D eigenvalue weighted by Gasteiger charge is 1.95. The Hall–Kier alpha value is -1.02. The Bertz CT molecular complexity index is 258. The van der Waals surface area contributed by atoms with Gasteiger partial charge in [0.15, 0.2) is 0 Å². The van der Waals surface area contributed by atoms with Gasteiger partial charge < -0.3 is 9.84 Å². The highest BCUT2D eigenvalue weighted by molar-refractivity contribution is 5.29. The van der Waals surface area contributed by atoms with Gasteiger partial charge in [-0.25, -0.2) is 0 Å². The van der Waals surface area contributed by atoms with Crippen molar-refractivity contribution in [2.45, 2.75) is 19.8 Å². The summed E-state index contributed by atoms with van der Waals surface area (Å²) in [5.74, 6) is 0.887. The number of benzene rings is 1. The number of hydrogen-bond donors (Lipinski definition) is 1. The lowest BCUT2D eigenvalue weighted by Crippen LogP contribution is -1.99. The van der Waals surface area contributed by atoms with Crippen LogP contribution in [0.5, 0.6) is 5.75 Å². The average molecular weight is 193 g/mol. The normalized spacial score (nSPS) is 10.1. The minimum absolute atomic E-state index is 0.183. The fraction of sp³-hybridized carbons (Fsp3) is 0.417. The molecule has 0 aliphatic rings. The van der Waals surface area contributed by atoms with E-state index in [-0.39, 0.29) is 6.61 Å². The average Bonchev–Trinajstić information content (AvgIpc) is 2.19. The van der Waals surface area contributed by atoms with E-state index in [1.807, 2.05) is 25.1 Å². The number of hydrogen-bond acceptors (Lipinski definition) is 2. The quantitative estimate of drug-likeness (QED) is 0.702. The van der Waals surface area contributed by atoms with Gasteiger partial charge in [-0.3, -0.25) is 0 Å². The van der Waals surface area contributed by atoms with Crippen LogP contribution >= 0.6 is 0 Å². The van der Waals surface area contributed by atoms with E-state index in [1.54, 1.807) is 0 Å². The van der Waals surface area contributed by atoms with E-state index in [1.165, 1.54) is 5.56 Å². The molecule has 0 aliphatic carbocycles. The van der Waals surface area contributed by atoms with E-state index >= 15 is 0 Å². The lowest BCUT2D eigenvalue weighted by Gasteiger charge is -2.06. The van der Waals surface area contributed by atoms with Crippen molar-refractivity contribution in [1.29, 1.82) is 0 Å². The molecule has 0 atom stereocenters. The molecular formula is C12H17O2. The molecule has 0 heterocycles. The molecule has 0 unspecified atom stereocenters. The second-order valence-electron chi connectivity index (χ2n) is 3.19. The Morgan fingerprint density at radius 3 is 3.00 bits per heavy atom. The fourth-order valence-corrected chi connectivity index (χ4v) is 1.25. The molecule has 0 amide bonds. The van der Waals surface area contributed by atoms with Crippen LogP contribution in [0.15, 0.2) is 24.3 Å². The van der Waals surface area contributed by atoms with E-state index < -0.39 is 0 Å². The van der Waals surface area contributed by atoms with Crippen LogP contribution in [-0.2, 0) is 6.42 Å². The summed E-state index contributed by atoms with van der Waals surface area (Å²) in [7, 11) is 0. The highest BCUT2D eigenvalue weighted by atomic mass is 16.5. The van der Waals surface area contributed by atoms with Crippen molar-refractivity contribution >= 4 is 0 Å². The maximum absolute atomic E-state index is 8.60. The SMILES string of the molecule is C[CH]Cc1cccc(OCCCO)c1. The van der Waals surface area contributed by atoms with Crippen molar-refractivity contribution < 1.29 is 9.84 Å². The third-order valence-corrected chi connectivity index (χ3v) is 1.91. The number of aliphatic hydroxyl groups is 1. The molecule has 1 N–H and O–H groups in total. The summed E-state index contributed by atoms with van der Waals surface area (Å²) in [6.07, 6.45) is 3.77. The molecule has 0 spiro atoms. The maximum Gasteiger partial charge on any atom is 0.119 e. The van der Waals surface area contributed by atoms with Crippen LogP contribution in [0.4, 0.5) is 0 Å². The van der Waals surface area contributed by atoms with E-state index in [9.17, 15) is 0 Å². The van der Waals surface area contributed by atoms with Gasteiger partial charge in [0, 0.05) is 13.0 Å². The molecule has 0 saturated carbocycles. The summed E-state index contributed by atoms with van der Waals surface area (Å²) >= 11 is 0. The van der Waals surface area contributed by atoms with Gasteiger partial charge >= 0.3 is 0 Å². The Labute approximate surface area is 85.5 Å². The zero-order valence-corrected chi connectivity index (χ0v) is 8.57. The zero-order chi connectivity index (χ0) is 10.2. The van der Waals surface area contributed by atoms with Crippen LogP contribution in [0.25, 0.3) is 0 Å². The van der Waals surface area contributed by atoms with E-state index in [4.69, 9.17) is 9.84 Å². The molecule has 0 aromatic heterocycles. The molecule has 0 aliphatic heterocycles. The first-order valence-electron chi connectivity index (χ1n) is 4.97. The molecule has 77 valence electrons. The van der Waals surface area contributed by atoms with Gasteiger partial charge in [-0.05, 0) is 30.5 Å². The molecule has 0 saturated heterocycles. The zero-order valence-electron chi connectivity index (χ0n) is 8.57. The van der Waals surface area contributed by atoms with Crippen LogP contribution in [0, 0.1) is 6.42 Å². The van der Waals surface area contributed by atoms with Gasteiger partial charge in [-0.1, -0.05) is 19.1 Å². The van der Waals surface area contributed by atoms with Gasteiger partial charge in [0.25, 0.3) is 0 Å². The summed E-state index contributed by atoms with van der Waals surface area (Å²) in [5, 5.41) is 8.60. The summed E-state index contributed by atoms with van der Waals surface area (Å²) < 4.78 is 5.46. The predicted molar refractivity (Wildman–Crippen MR) is 57.3 cm³/mol. The van der Waals surface area contributed by atoms with Crippen LogP contribution in [0.1, 0.15) is 18.9 Å². The molecular weight excluding hydrogens is 176 g/mol. The molecule has 1 aromatic rings. The molecule has 1 rings (SSSR count). The Morgan fingerprint density at radius 1 is 1.43 bits per heavy atom. The highest BCUT2D eigenvalue weighted by Crippen LogP contribution is 2.14. The monoisotopic (exact) mass is 193 g/mol. The lowest BCUT2D eigenvalue weighted by molar-refractivity contribution is 0.233. The smallest absolute Gasteiger partial charge is 0.119 e. The van der Waals surface area contributed by atoms with Gasteiger partial charge in [-0.2, -0.15) is 0 Å².